The average molecular weight is 473 g/mol. The van der Waals surface area contributed by atoms with Crippen molar-refractivity contribution in [3.8, 4) is 11.5 Å². The number of nitrogens with zero attached hydrogens (tertiary/aromatic N) is 2. The lowest BCUT2D eigenvalue weighted by Crippen LogP contribution is -2.32. The van der Waals surface area contributed by atoms with E-state index in [-0.39, 0.29) is 22.8 Å². The highest BCUT2D eigenvalue weighted by atomic mass is 32.2. The second-order valence-electron chi connectivity index (χ2n) is 8.62. The van der Waals surface area contributed by atoms with Crippen molar-refractivity contribution < 1.29 is 22.7 Å². The van der Waals surface area contributed by atoms with E-state index in [1.54, 1.807) is 13.0 Å². The summed E-state index contributed by atoms with van der Waals surface area (Å²) in [7, 11) is -3.86. The predicted molar refractivity (Wildman–Crippen MR) is 128 cm³/mol. The zero-order chi connectivity index (χ0) is 23.4. The van der Waals surface area contributed by atoms with Gasteiger partial charge in [-0.15, -0.1) is 0 Å². The van der Waals surface area contributed by atoms with Gasteiger partial charge in [0.2, 0.25) is 10.0 Å². The van der Waals surface area contributed by atoms with E-state index in [9.17, 15) is 13.2 Å². The molecule has 0 amide bonds. The minimum atomic E-state index is -3.86. The minimum absolute atomic E-state index is 0.0242. The highest BCUT2D eigenvalue weighted by Gasteiger charge is 2.34. The highest BCUT2D eigenvalue weighted by Crippen LogP contribution is 2.42. The topological polar surface area (TPSA) is 76.1 Å². The molecule has 2 aliphatic heterocycles. The van der Waals surface area contributed by atoms with Gasteiger partial charge >= 0.3 is 5.97 Å². The Kier molecular flexibility index (Phi) is 7.24. The van der Waals surface area contributed by atoms with Gasteiger partial charge in [-0.3, -0.25) is 0 Å². The zero-order valence-corrected chi connectivity index (χ0v) is 20.2. The molecule has 2 heterocycles. The number of hydrogen-bond donors (Lipinski definition) is 0. The van der Waals surface area contributed by atoms with Crippen LogP contribution in [0.2, 0.25) is 0 Å². The molecule has 33 heavy (non-hydrogen) atoms. The molecule has 178 valence electrons. The Morgan fingerprint density at radius 2 is 1.58 bits per heavy atom. The van der Waals surface area contributed by atoms with Crippen LogP contribution in [0.1, 0.15) is 54.9 Å². The molecule has 8 heteroatoms. The molecule has 0 atom stereocenters. The van der Waals surface area contributed by atoms with Crippen molar-refractivity contribution in [2.24, 2.45) is 0 Å². The first-order chi connectivity index (χ1) is 15.9. The van der Waals surface area contributed by atoms with Crippen molar-refractivity contribution in [3.05, 3.63) is 47.5 Å². The molecule has 2 aromatic carbocycles. The largest absolute Gasteiger partial charge is 0.462 e. The second-order valence-corrected chi connectivity index (χ2v) is 10.5. The van der Waals surface area contributed by atoms with Crippen LogP contribution in [0.4, 0.5) is 5.69 Å². The molecule has 2 saturated heterocycles. The summed E-state index contributed by atoms with van der Waals surface area (Å²) in [4.78, 5) is 14.8. The van der Waals surface area contributed by atoms with Gasteiger partial charge in [0.25, 0.3) is 0 Å². The van der Waals surface area contributed by atoms with Crippen molar-refractivity contribution >= 4 is 21.7 Å². The fraction of sp³-hybridized carbons (Fsp3) is 0.480. The lowest BCUT2D eigenvalue weighted by Gasteiger charge is -2.32. The number of ether oxygens (including phenoxy) is 2. The van der Waals surface area contributed by atoms with Gasteiger partial charge in [0.15, 0.2) is 5.75 Å². The fourth-order valence-corrected chi connectivity index (χ4v) is 6.05. The summed E-state index contributed by atoms with van der Waals surface area (Å²) in [6, 6.07) is 10.7. The van der Waals surface area contributed by atoms with Crippen LogP contribution in [0.25, 0.3) is 0 Å². The number of benzene rings is 2. The first-order valence-electron chi connectivity index (χ1n) is 11.7. The number of esters is 1. The van der Waals surface area contributed by atoms with Gasteiger partial charge < -0.3 is 14.4 Å². The van der Waals surface area contributed by atoms with Crippen LogP contribution >= 0.6 is 0 Å². The first-order valence-corrected chi connectivity index (χ1v) is 13.2. The molecule has 2 aromatic rings. The minimum Gasteiger partial charge on any atom is -0.462 e. The van der Waals surface area contributed by atoms with E-state index in [1.165, 1.54) is 10.4 Å². The van der Waals surface area contributed by atoms with E-state index in [1.807, 2.05) is 31.2 Å². The first kappa shape index (κ1) is 23.6. The maximum absolute atomic E-state index is 13.7. The fourth-order valence-electron chi connectivity index (χ4n) is 4.38. The van der Waals surface area contributed by atoms with Crippen molar-refractivity contribution in [1.82, 2.24) is 4.31 Å². The Hall–Kier alpha value is -2.58. The molecule has 0 N–H and O–H groups in total. The van der Waals surface area contributed by atoms with Gasteiger partial charge in [-0.05, 0) is 70.2 Å². The van der Waals surface area contributed by atoms with Crippen LogP contribution in [-0.4, -0.2) is 51.5 Å². The maximum atomic E-state index is 13.7. The summed E-state index contributed by atoms with van der Waals surface area (Å²) in [5.41, 5.74) is 1.94. The molecule has 0 aliphatic carbocycles. The molecule has 0 aromatic heterocycles. The third-order valence-corrected chi connectivity index (χ3v) is 8.07. The van der Waals surface area contributed by atoms with Crippen molar-refractivity contribution in [2.45, 2.75) is 50.8 Å². The smallest absolute Gasteiger partial charge is 0.338 e. The number of carbonyl (C=O) groups is 1. The number of anilines is 1. The number of rotatable bonds is 7. The Morgan fingerprint density at radius 1 is 0.939 bits per heavy atom. The second kappa shape index (κ2) is 10.1. The summed E-state index contributed by atoms with van der Waals surface area (Å²) >= 11 is 0. The molecule has 0 radical (unpaired) electrons. The molecule has 7 nitrogen and oxygen atoms in total. The van der Waals surface area contributed by atoms with Crippen LogP contribution in [0.15, 0.2) is 41.3 Å². The summed E-state index contributed by atoms with van der Waals surface area (Å²) < 4.78 is 40.5. The van der Waals surface area contributed by atoms with E-state index < -0.39 is 16.0 Å². The van der Waals surface area contributed by atoms with Gasteiger partial charge in [0.1, 0.15) is 10.6 Å². The number of piperidine rings is 1. The lowest BCUT2D eigenvalue weighted by atomic mass is 10.1. The Bertz CT molecular complexity index is 1090. The summed E-state index contributed by atoms with van der Waals surface area (Å²) in [5.74, 6) is 0.303. The molecule has 4 rings (SSSR count). The van der Waals surface area contributed by atoms with Gasteiger partial charge in [-0.2, -0.15) is 4.31 Å². The summed E-state index contributed by atoms with van der Waals surface area (Å²) in [5, 5.41) is 0. The quantitative estimate of drug-likeness (QED) is 0.542. The van der Waals surface area contributed by atoms with E-state index in [0.717, 1.165) is 50.8 Å². The Morgan fingerprint density at radius 3 is 2.21 bits per heavy atom. The van der Waals surface area contributed by atoms with Crippen LogP contribution < -0.4 is 9.64 Å². The van der Waals surface area contributed by atoms with E-state index >= 15 is 0 Å². The molecule has 0 bridgehead atoms. The molecular formula is C25H32N2O5S. The van der Waals surface area contributed by atoms with Crippen LogP contribution in [0.5, 0.6) is 11.5 Å². The number of carbonyl (C=O) groups excluding carboxylic acids is 1. The van der Waals surface area contributed by atoms with Crippen molar-refractivity contribution in [3.63, 3.8) is 0 Å². The van der Waals surface area contributed by atoms with E-state index in [0.29, 0.717) is 24.5 Å². The third kappa shape index (κ3) is 5.17. The molecular weight excluding hydrogens is 440 g/mol. The SMILES string of the molecule is CCOC(=O)c1cc(N2CCCCC2)c(Oc2ccc(C)cc2)c(S(=O)(=O)N2CCCC2)c1. The summed E-state index contributed by atoms with van der Waals surface area (Å²) in [6.45, 7) is 6.43. The van der Waals surface area contributed by atoms with Gasteiger partial charge in [-0.25, -0.2) is 13.2 Å². The van der Waals surface area contributed by atoms with Crippen LogP contribution in [0, 0.1) is 6.92 Å². The zero-order valence-electron chi connectivity index (χ0n) is 19.4. The standard InChI is InChI=1S/C25H32N2O5S/c1-3-31-25(28)20-17-22(26-13-5-4-6-14-26)24(32-21-11-9-19(2)10-12-21)23(18-20)33(29,30)27-15-7-8-16-27/h9-12,17-18H,3-8,13-16H2,1-2H3. The Labute approximate surface area is 196 Å². The monoisotopic (exact) mass is 472 g/mol. The molecule has 2 aliphatic rings. The number of hydrogen-bond acceptors (Lipinski definition) is 6. The molecule has 0 saturated carbocycles. The number of aryl methyl sites for hydroxylation is 1. The van der Waals surface area contributed by atoms with Gasteiger partial charge in [-0.1, -0.05) is 17.7 Å². The summed E-state index contributed by atoms with van der Waals surface area (Å²) in [6.07, 6.45) is 4.78. The average Bonchev–Trinajstić information content (AvgIpc) is 3.37. The maximum Gasteiger partial charge on any atom is 0.338 e. The van der Waals surface area contributed by atoms with E-state index in [4.69, 9.17) is 9.47 Å². The van der Waals surface area contributed by atoms with Crippen molar-refractivity contribution in [1.29, 1.82) is 0 Å². The predicted octanol–water partition coefficient (Wildman–Crippen LogP) is 4.74. The number of sulfonamides is 1. The van der Waals surface area contributed by atoms with E-state index in [2.05, 4.69) is 4.90 Å². The highest BCUT2D eigenvalue weighted by molar-refractivity contribution is 7.89. The van der Waals surface area contributed by atoms with Crippen LogP contribution in [-0.2, 0) is 14.8 Å². The third-order valence-electron chi connectivity index (χ3n) is 6.17. The Balaban J connectivity index is 1.90. The normalized spacial score (nSPS) is 17.2. The van der Waals surface area contributed by atoms with Gasteiger partial charge in [0.05, 0.1) is 17.9 Å². The molecule has 0 spiro atoms. The van der Waals surface area contributed by atoms with Crippen molar-refractivity contribution in [2.75, 3.05) is 37.7 Å². The molecule has 2 fully saturated rings. The lowest BCUT2D eigenvalue weighted by molar-refractivity contribution is 0.0526. The van der Waals surface area contributed by atoms with Gasteiger partial charge in [0, 0.05) is 26.2 Å². The van der Waals surface area contributed by atoms with Crippen LogP contribution in [0.3, 0.4) is 0 Å². The molecule has 0 unspecified atom stereocenters.